The molecule has 5 heterocycles. The van der Waals surface area contributed by atoms with Crippen molar-refractivity contribution in [1.82, 2.24) is 29.3 Å². The molecule has 5 rings (SSSR count). The van der Waals surface area contributed by atoms with Crippen LogP contribution in [-0.4, -0.2) is 48.4 Å². The van der Waals surface area contributed by atoms with Gasteiger partial charge < -0.3 is 29.5 Å². The second-order valence-corrected chi connectivity index (χ2v) is 9.95. The number of nitrogens with one attached hydrogen (secondary N) is 2. The second-order valence-electron chi connectivity index (χ2n) is 9.95. The molecule has 1 atom stereocenters. The Bertz CT molecular complexity index is 1580. The largest absolute Gasteiger partial charge is 0.455 e. The standard InChI is InChI=1S/C27H31N9O3/c1-7-19-20(39-18-8-10-29-22(12-18)31-16(2)37)14-30-25-24(19)35(6)26(33-25)32-23-13-21(27(3,4)28-5)36(34-23)17-9-11-38-15-17/h8,10,12-14,17H,7,9,11,15H2,1-4,6H3,(H,29,31,37)(H,30,32,33,34). The Morgan fingerprint density at radius 2 is 2.13 bits per heavy atom. The molecule has 39 heavy (non-hydrogen) atoms. The summed E-state index contributed by atoms with van der Waals surface area (Å²) in [4.78, 5) is 28.7. The van der Waals surface area contributed by atoms with E-state index in [4.69, 9.17) is 26.1 Å². The molecule has 1 unspecified atom stereocenters. The van der Waals surface area contributed by atoms with Gasteiger partial charge in [-0.05, 0) is 18.9 Å². The van der Waals surface area contributed by atoms with Crippen LogP contribution in [0.3, 0.4) is 0 Å². The number of amides is 1. The van der Waals surface area contributed by atoms with E-state index in [-0.39, 0.29) is 11.9 Å². The average molecular weight is 530 g/mol. The van der Waals surface area contributed by atoms with Gasteiger partial charge in [-0.3, -0.25) is 9.48 Å². The zero-order valence-corrected chi connectivity index (χ0v) is 22.6. The number of anilines is 3. The molecule has 0 spiro atoms. The molecule has 1 aliphatic heterocycles. The molecule has 202 valence electrons. The van der Waals surface area contributed by atoms with Crippen molar-refractivity contribution in [2.24, 2.45) is 7.05 Å². The lowest BCUT2D eigenvalue weighted by Crippen LogP contribution is -2.22. The van der Waals surface area contributed by atoms with E-state index in [1.807, 2.05) is 43.1 Å². The van der Waals surface area contributed by atoms with Crippen LogP contribution in [0.4, 0.5) is 17.6 Å². The number of carbonyl (C=O) groups is 1. The van der Waals surface area contributed by atoms with Crippen LogP contribution in [0.25, 0.3) is 16.0 Å². The van der Waals surface area contributed by atoms with Crippen LogP contribution in [0.1, 0.15) is 51.4 Å². The van der Waals surface area contributed by atoms with Gasteiger partial charge in [-0.2, -0.15) is 10.1 Å². The van der Waals surface area contributed by atoms with Crippen LogP contribution in [0.5, 0.6) is 11.5 Å². The van der Waals surface area contributed by atoms with Crippen molar-refractivity contribution >= 4 is 34.7 Å². The Kier molecular flexibility index (Phi) is 6.93. The van der Waals surface area contributed by atoms with Crippen LogP contribution in [0.2, 0.25) is 0 Å². The summed E-state index contributed by atoms with van der Waals surface area (Å²) >= 11 is 0. The monoisotopic (exact) mass is 529 g/mol. The number of carbonyl (C=O) groups excluding carboxylic acids is 1. The second kappa shape index (κ2) is 10.3. The fraction of sp³-hybridized carbons (Fsp3) is 0.407. The summed E-state index contributed by atoms with van der Waals surface area (Å²) < 4.78 is 15.6. The van der Waals surface area contributed by atoms with Gasteiger partial charge in [0.15, 0.2) is 17.2 Å². The smallest absolute Gasteiger partial charge is 0.268 e. The fourth-order valence-corrected chi connectivity index (χ4v) is 4.70. The summed E-state index contributed by atoms with van der Waals surface area (Å²) in [7, 11) is 1.91. The van der Waals surface area contributed by atoms with E-state index in [1.54, 1.807) is 24.5 Å². The number of aromatic nitrogens is 6. The molecule has 4 aromatic heterocycles. The summed E-state index contributed by atoms with van der Waals surface area (Å²) in [5.74, 6) is 2.48. The van der Waals surface area contributed by atoms with Crippen LogP contribution < -0.4 is 15.4 Å². The van der Waals surface area contributed by atoms with E-state index in [1.165, 1.54) is 6.92 Å². The average Bonchev–Trinajstić information content (AvgIpc) is 3.64. The molecular formula is C27H31N9O3. The minimum atomic E-state index is -0.738. The van der Waals surface area contributed by atoms with Crippen LogP contribution in [0.15, 0.2) is 30.6 Å². The molecule has 0 aliphatic carbocycles. The van der Waals surface area contributed by atoms with E-state index in [0.717, 1.165) is 23.2 Å². The third kappa shape index (κ3) is 5.13. The Labute approximate surface area is 226 Å². The van der Waals surface area contributed by atoms with Crippen molar-refractivity contribution in [3.63, 3.8) is 0 Å². The predicted octanol–water partition coefficient (Wildman–Crippen LogP) is 4.73. The van der Waals surface area contributed by atoms with Crippen molar-refractivity contribution < 1.29 is 14.3 Å². The van der Waals surface area contributed by atoms with Crippen LogP contribution in [0, 0.1) is 6.57 Å². The number of ether oxygens (including phenoxy) is 2. The highest BCUT2D eigenvalue weighted by Gasteiger charge is 2.35. The van der Waals surface area contributed by atoms with E-state index in [0.29, 0.717) is 54.4 Å². The maximum Gasteiger partial charge on any atom is 0.268 e. The molecular weight excluding hydrogens is 498 g/mol. The molecule has 0 saturated carbocycles. The van der Waals surface area contributed by atoms with Crippen molar-refractivity contribution in [3.05, 3.63) is 53.3 Å². The van der Waals surface area contributed by atoms with E-state index in [2.05, 4.69) is 25.4 Å². The molecule has 12 nitrogen and oxygen atoms in total. The van der Waals surface area contributed by atoms with Crippen molar-refractivity contribution in [1.29, 1.82) is 0 Å². The third-order valence-electron chi connectivity index (χ3n) is 6.71. The molecule has 0 aromatic carbocycles. The molecule has 1 aliphatic rings. The van der Waals surface area contributed by atoms with Gasteiger partial charge in [0.05, 0.1) is 24.4 Å². The fourth-order valence-electron chi connectivity index (χ4n) is 4.70. The first-order valence-electron chi connectivity index (χ1n) is 12.8. The summed E-state index contributed by atoms with van der Waals surface area (Å²) in [5.41, 5.74) is 2.43. The summed E-state index contributed by atoms with van der Waals surface area (Å²) in [5, 5.41) is 10.8. The number of rotatable bonds is 8. The van der Waals surface area contributed by atoms with Gasteiger partial charge in [0.25, 0.3) is 5.54 Å². The lowest BCUT2D eigenvalue weighted by molar-refractivity contribution is -0.114. The lowest BCUT2D eigenvalue weighted by Gasteiger charge is -2.17. The minimum absolute atomic E-state index is 0.0874. The van der Waals surface area contributed by atoms with Crippen molar-refractivity contribution in [3.8, 4) is 11.5 Å². The van der Waals surface area contributed by atoms with Crippen molar-refractivity contribution in [2.45, 2.75) is 52.1 Å². The predicted molar refractivity (Wildman–Crippen MR) is 146 cm³/mol. The van der Waals surface area contributed by atoms with E-state index < -0.39 is 5.54 Å². The quantitative estimate of drug-likeness (QED) is 0.314. The summed E-state index contributed by atoms with van der Waals surface area (Å²) in [6, 6.07) is 5.38. The van der Waals surface area contributed by atoms with Gasteiger partial charge in [0, 0.05) is 58.3 Å². The normalized spacial score (nSPS) is 15.3. The maximum absolute atomic E-state index is 11.4. The number of imidazole rings is 1. The number of nitrogens with zero attached hydrogens (tertiary/aromatic N) is 7. The highest BCUT2D eigenvalue weighted by Crippen LogP contribution is 2.35. The topological polar surface area (TPSA) is 125 Å². The van der Waals surface area contributed by atoms with E-state index in [9.17, 15) is 4.79 Å². The van der Waals surface area contributed by atoms with Crippen LogP contribution in [-0.2, 0) is 28.5 Å². The van der Waals surface area contributed by atoms with Gasteiger partial charge in [0.1, 0.15) is 17.3 Å². The molecule has 1 amide bonds. The highest BCUT2D eigenvalue weighted by molar-refractivity contribution is 5.87. The first kappa shape index (κ1) is 26.1. The molecule has 1 fully saturated rings. The number of aryl methyl sites for hydroxylation is 2. The van der Waals surface area contributed by atoms with Gasteiger partial charge in [-0.25, -0.2) is 16.5 Å². The first-order chi connectivity index (χ1) is 18.7. The number of hydrogen-bond donors (Lipinski definition) is 2. The molecule has 2 N–H and O–H groups in total. The first-order valence-corrected chi connectivity index (χ1v) is 12.8. The number of pyridine rings is 2. The Morgan fingerprint density at radius 3 is 2.82 bits per heavy atom. The Morgan fingerprint density at radius 1 is 1.31 bits per heavy atom. The SMILES string of the molecule is [C-]#[N+]C(C)(C)c1cc(Nc2nc3ncc(Oc4ccnc(NC(C)=O)c4)c(CC)c3n2C)nn1C1CCOC1. The number of fused-ring (bicyclic) bond motifs is 1. The molecule has 1 saturated heterocycles. The molecule has 0 bridgehead atoms. The Hall–Kier alpha value is -4.50. The zero-order valence-electron chi connectivity index (χ0n) is 22.6. The van der Waals surface area contributed by atoms with E-state index >= 15 is 0 Å². The molecule has 4 aromatic rings. The van der Waals surface area contributed by atoms with Gasteiger partial charge >= 0.3 is 0 Å². The van der Waals surface area contributed by atoms with Gasteiger partial charge in [0.2, 0.25) is 11.9 Å². The van der Waals surface area contributed by atoms with Gasteiger partial charge in [-0.1, -0.05) is 6.92 Å². The highest BCUT2D eigenvalue weighted by atomic mass is 16.5. The van der Waals surface area contributed by atoms with Crippen LogP contribution >= 0.6 is 0 Å². The Balaban J connectivity index is 1.48. The summed E-state index contributed by atoms with van der Waals surface area (Å²) in [6.45, 7) is 16.2. The van der Waals surface area contributed by atoms with Crippen molar-refractivity contribution in [2.75, 3.05) is 23.8 Å². The maximum atomic E-state index is 11.4. The summed E-state index contributed by atoms with van der Waals surface area (Å²) in [6.07, 6.45) is 4.76. The van der Waals surface area contributed by atoms with Gasteiger partial charge in [-0.15, -0.1) is 0 Å². The minimum Gasteiger partial charge on any atom is -0.455 e. The lowest BCUT2D eigenvalue weighted by atomic mass is 10.0. The molecule has 0 radical (unpaired) electrons. The third-order valence-corrected chi connectivity index (χ3v) is 6.71. The zero-order chi connectivity index (χ0) is 27.7. The molecule has 12 heteroatoms. The number of hydrogen-bond acceptors (Lipinski definition) is 8.